The van der Waals surface area contributed by atoms with Crippen molar-refractivity contribution in [3.8, 4) is 6.07 Å². The third kappa shape index (κ3) is 4.29. The summed E-state index contributed by atoms with van der Waals surface area (Å²) in [5, 5.41) is 26.3. The predicted molar refractivity (Wildman–Crippen MR) is 117 cm³/mol. The van der Waals surface area contributed by atoms with Gasteiger partial charge in [-0.25, -0.2) is 4.98 Å². The number of nitriles is 1. The van der Waals surface area contributed by atoms with E-state index in [2.05, 4.69) is 57.6 Å². The standard InChI is InChI=1S/C23H28N6O/c1-23(2)11-18(5-6-20(23)30)28-21-17(12-24)14-27-22(29-21)26-10-7-15-3-4-16-13-25-9-8-19(15)16/h3,8-9,13-14,18,20,30H,4-7,10-11H2,1-2H3,(H2,26,27,28,29)/t18-,20+/m1/s1. The quantitative estimate of drug-likeness (QED) is 0.676. The molecule has 0 saturated heterocycles. The van der Waals surface area contributed by atoms with E-state index in [0.29, 0.717) is 23.9 Å². The van der Waals surface area contributed by atoms with Gasteiger partial charge in [0.25, 0.3) is 0 Å². The minimum atomic E-state index is -0.292. The molecule has 7 nitrogen and oxygen atoms in total. The third-order valence-electron chi connectivity index (χ3n) is 6.21. The van der Waals surface area contributed by atoms with Crippen LogP contribution in [-0.4, -0.2) is 38.7 Å². The Hall–Kier alpha value is -2.98. The minimum Gasteiger partial charge on any atom is -0.393 e. The first-order valence-electron chi connectivity index (χ1n) is 10.5. The number of aromatic nitrogens is 3. The highest BCUT2D eigenvalue weighted by atomic mass is 16.3. The van der Waals surface area contributed by atoms with Gasteiger partial charge >= 0.3 is 0 Å². The lowest BCUT2D eigenvalue weighted by atomic mass is 9.73. The molecule has 30 heavy (non-hydrogen) atoms. The van der Waals surface area contributed by atoms with Crippen LogP contribution >= 0.6 is 0 Å². The Morgan fingerprint density at radius 1 is 1.30 bits per heavy atom. The van der Waals surface area contributed by atoms with Crippen LogP contribution in [0.5, 0.6) is 0 Å². The average molecular weight is 405 g/mol. The minimum absolute atomic E-state index is 0.155. The highest BCUT2D eigenvalue weighted by Crippen LogP contribution is 2.37. The molecule has 1 saturated carbocycles. The van der Waals surface area contributed by atoms with Crippen LogP contribution in [0, 0.1) is 16.7 Å². The van der Waals surface area contributed by atoms with Gasteiger partial charge < -0.3 is 15.7 Å². The molecule has 0 unspecified atom stereocenters. The molecule has 0 aliphatic heterocycles. The van der Waals surface area contributed by atoms with Gasteiger partial charge in [0.1, 0.15) is 17.5 Å². The number of nitrogens with zero attached hydrogens (tertiary/aromatic N) is 4. The molecule has 0 radical (unpaired) electrons. The van der Waals surface area contributed by atoms with Crippen LogP contribution in [0.1, 0.15) is 56.2 Å². The summed E-state index contributed by atoms with van der Waals surface area (Å²) in [6.07, 6.45) is 11.5. The van der Waals surface area contributed by atoms with Crippen LogP contribution < -0.4 is 10.6 Å². The van der Waals surface area contributed by atoms with Gasteiger partial charge in [0.15, 0.2) is 0 Å². The van der Waals surface area contributed by atoms with Crippen molar-refractivity contribution in [2.45, 2.75) is 58.1 Å². The molecule has 2 heterocycles. The molecule has 0 spiro atoms. The molecule has 2 aliphatic carbocycles. The summed E-state index contributed by atoms with van der Waals surface area (Å²) in [6, 6.07) is 4.41. The van der Waals surface area contributed by atoms with E-state index in [1.165, 1.54) is 16.7 Å². The van der Waals surface area contributed by atoms with E-state index in [0.717, 1.165) is 32.1 Å². The lowest BCUT2D eigenvalue weighted by molar-refractivity contribution is 0.00926. The number of allylic oxidation sites excluding steroid dienone is 1. The lowest BCUT2D eigenvalue weighted by Crippen LogP contribution is -2.41. The zero-order valence-corrected chi connectivity index (χ0v) is 17.5. The Labute approximate surface area is 177 Å². The van der Waals surface area contributed by atoms with E-state index in [1.807, 2.05) is 12.4 Å². The van der Waals surface area contributed by atoms with Gasteiger partial charge in [-0.05, 0) is 60.3 Å². The first-order valence-corrected chi connectivity index (χ1v) is 10.5. The topological polar surface area (TPSA) is 107 Å². The molecule has 2 aromatic rings. The van der Waals surface area contributed by atoms with E-state index in [-0.39, 0.29) is 17.6 Å². The van der Waals surface area contributed by atoms with Crippen molar-refractivity contribution in [1.82, 2.24) is 15.0 Å². The summed E-state index contributed by atoms with van der Waals surface area (Å²) in [5.74, 6) is 1.07. The molecular weight excluding hydrogens is 376 g/mol. The Morgan fingerprint density at radius 3 is 2.97 bits per heavy atom. The molecule has 0 bridgehead atoms. The van der Waals surface area contributed by atoms with Crippen molar-refractivity contribution in [3.63, 3.8) is 0 Å². The summed E-state index contributed by atoms with van der Waals surface area (Å²) in [4.78, 5) is 13.1. The fraction of sp³-hybridized carbons (Fsp3) is 0.478. The maximum atomic E-state index is 10.2. The van der Waals surface area contributed by atoms with Crippen LogP contribution in [0.15, 0.2) is 30.7 Å². The van der Waals surface area contributed by atoms with Crippen LogP contribution in [0.25, 0.3) is 5.57 Å². The Morgan fingerprint density at radius 2 is 2.17 bits per heavy atom. The molecule has 3 N–H and O–H groups in total. The average Bonchev–Trinajstić information content (AvgIpc) is 3.14. The molecule has 156 valence electrons. The molecule has 2 aliphatic rings. The molecular formula is C23H28N6O. The van der Waals surface area contributed by atoms with Gasteiger partial charge in [-0.2, -0.15) is 10.2 Å². The van der Waals surface area contributed by atoms with Crippen LogP contribution in [0.2, 0.25) is 0 Å². The Kier molecular flexibility index (Phi) is 5.69. The van der Waals surface area contributed by atoms with Gasteiger partial charge in [0, 0.05) is 25.0 Å². The number of rotatable bonds is 6. The largest absolute Gasteiger partial charge is 0.393 e. The summed E-state index contributed by atoms with van der Waals surface area (Å²) in [7, 11) is 0. The van der Waals surface area contributed by atoms with Gasteiger partial charge in [-0.15, -0.1) is 0 Å². The Balaban J connectivity index is 1.39. The van der Waals surface area contributed by atoms with Gasteiger partial charge in [-0.1, -0.05) is 19.9 Å². The van der Waals surface area contributed by atoms with E-state index < -0.39 is 0 Å². The number of anilines is 2. The maximum Gasteiger partial charge on any atom is 0.224 e. The zero-order chi connectivity index (χ0) is 21.1. The number of nitrogens with one attached hydrogen (secondary N) is 2. The van der Waals surface area contributed by atoms with E-state index >= 15 is 0 Å². The van der Waals surface area contributed by atoms with Gasteiger partial charge in [0.05, 0.1) is 12.3 Å². The molecule has 4 rings (SSSR count). The van der Waals surface area contributed by atoms with Gasteiger partial charge in [0.2, 0.25) is 5.95 Å². The molecule has 7 heteroatoms. The summed E-state index contributed by atoms with van der Waals surface area (Å²) >= 11 is 0. The van der Waals surface area contributed by atoms with E-state index in [4.69, 9.17) is 0 Å². The molecule has 1 fully saturated rings. The van der Waals surface area contributed by atoms with Crippen molar-refractivity contribution in [2.24, 2.45) is 5.41 Å². The zero-order valence-electron chi connectivity index (χ0n) is 17.5. The van der Waals surface area contributed by atoms with Crippen molar-refractivity contribution < 1.29 is 5.11 Å². The lowest BCUT2D eigenvalue weighted by Gasteiger charge is -2.40. The monoisotopic (exact) mass is 404 g/mol. The highest BCUT2D eigenvalue weighted by Gasteiger charge is 2.35. The molecule has 2 aromatic heterocycles. The number of pyridine rings is 1. The van der Waals surface area contributed by atoms with Crippen molar-refractivity contribution in [1.29, 1.82) is 5.26 Å². The number of aliphatic hydroxyl groups excluding tert-OH is 1. The fourth-order valence-electron chi connectivity index (χ4n) is 4.39. The summed E-state index contributed by atoms with van der Waals surface area (Å²) < 4.78 is 0. The van der Waals surface area contributed by atoms with E-state index in [1.54, 1.807) is 6.20 Å². The smallest absolute Gasteiger partial charge is 0.224 e. The first kappa shape index (κ1) is 20.3. The number of aliphatic hydroxyl groups is 1. The second-order valence-electron chi connectivity index (χ2n) is 8.84. The van der Waals surface area contributed by atoms with Crippen molar-refractivity contribution in [3.05, 3.63) is 47.4 Å². The molecule has 2 atom stereocenters. The fourth-order valence-corrected chi connectivity index (χ4v) is 4.39. The normalized spacial score (nSPS) is 22.0. The van der Waals surface area contributed by atoms with E-state index in [9.17, 15) is 10.4 Å². The van der Waals surface area contributed by atoms with Crippen molar-refractivity contribution in [2.75, 3.05) is 17.2 Å². The van der Waals surface area contributed by atoms with Crippen LogP contribution in [0.3, 0.4) is 0 Å². The van der Waals surface area contributed by atoms with Crippen LogP contribution in [-0.2, 0) is 6.42 Å². The van der Waals surface area contributed by atoms with Gasteiger partial charge in [-0.3, -0.25) is 4.98 Å². The maximum absolute atomic E-state index is 10.2. The number of fused-ring (bicyclic) bond motifs is 1. The second kappa shape index (κ2) is 8.41. The number of hydrogen-bond donors (Lipinski definition) is 3. The third-order valence-corrected chi connectivity index (χ3v) is 6.21. The first-order chi connectivity index (χ1) is 14.5. The number of hydrogen-bond acceptors (Lipinski definition) is 7. The predicted octanol–water partition coefficient (Wildman–Crippen LogP) is 3.54. The second-order valence-corrected chi connectivity index (χ2v) is 8.84. The Bertz CT molecular complexity index is 993. The SMILES string of the molecule is CC1(C)C[C@H](Nc2nc(NCCC3=CCc4cnccc43)ncc2C#N)CC[C@@H]1O. The summed E-state index contributed by atoms with van der Waals surface area (Å²) in [5.41, 5.74) is 4.14. The highest BCUT2D eigenvalue weighted by molar-refractivity contribution is 5.72. The molecule has 0 amide bonds. The van der Waals surface area contributed by atoms with Crippen LogP contribution in [0.4, 0.5) is 11.8 Å². The summed E-state index contributed by atoms with van der Waals surface area (Å²) in [6.45, 7) is 4.87. The molecule has 0 aromatic carbocycles. The van der Waals surface area contributed by atoms with Crippen molar-refractivity contribution >= 4 is 17.3 Å².